The lowest BCUT2D eigenvalue weighted by Gasteiger charge is -2.42. The maximum Gasteiger partial charge on any atom is 0.253 e. The normalized spacial score (nSPS) is 28.3. The van der Waals surface area contributed by atoms with E-state index in [-0.39, 0.29) is 17.7 Å². The molecule has 36 heavy (non-hydrogen) atoms. The van der Waals surface area contributed by atoms with Crippen LogP contribution in [0.5, 0.6) is 0 Å². The summed E-state index contributed by atoms with van der Waals surface area (Å²) in [6.45, 7) is 3.28. The molecule has 3 aromatic rings. The molecule has 0 spiro atoms. The molecule has 2 saturated heterocycles. The minimum atomic E-state index is 0.0221. The number of likely N-dealkylation sites (tertiary alicyclic amines) is 2. The second kappa shape index (κ2) is 8.44. The molecule has 7 rings (SSSR count). The Morgan fingerprint density at radius 1 is 0.833 bits per heavy atom. The first kappa shape index (κ1) is 22.0. The highest BCUT2D eigenvalue weighted by Crippen LogP contribution is 2.54. The van der Waals surface area contributed by atoms with E-state index in [1.807, 2.05) is 53.4 Å². The number of carbonyl (C=O) groups is 2. The Hall–Kier alpha value is -3.19. The average molecular weight is 502 g/mol. The third-order valence-corrected chi connectivity index (χ3v) is 9.32. The van der Waals surface area contributed by atoms with Crippen LogP contribution in [0.25, 0.3) is 11.1 Å². The van der Waals surface area contributed by atoms with Crippen molar-refractivity contribution in [2.75, 3.05) is 26.2 Å². The number of H-pyrrole nitrogens is 1. The lowest BCUT2D eigenvalue weighted by molar-refractivity contribution is -0.135. The maximum atomic E-state index is 13.3. The van der Waals surface area contributed by atoms with Gasteiger partial charge in [-0.3, -0.25) is 14.7 Å². The largest absolute Gasteiger partial charge is 0.342 e. The summed E-state index contributed by atoms with van der Waals surface area (Å²) < 4.78 is 0. The average Bonchev–Trinajstić information content (AvgIpc) is 3.62. The number of benzene rings is 2. The van der Waals surface area contributed by atoms with Gasteiger partial charge in [0.2, 0.25) is 5.91 Å². The molecule has 3 heterocycles. The van der Waals surface area contributed by atoms with Crippen LogP contribution >= 0.6 is 11.6 Å². The second-order valence-corrected chi connectivity index (χ2v) is 11.3. The summed E-state index contributed by atoms with van der Waals surface area (Å²) in [4.78, 5) is 30.7. The van der Waals surface area contributed by atoms with Crippen molar-refractivity contribution >= 4 is 23.4 Å². The summed E-state index contributed by atoms with van der Waals surface area (Å²) in [5, 5.41) is 11.7. The molecule has 1 N–H and O–H groups in total. The van der Waals surface area contributed by atoms with Crippen LogP contribution in [0.2, 0.25) is 5.02 Å². The molecule has 5 atom stereocenters. The Labute approximate surface area is 214 Å². The number of nitrogens with one attached hydrogen (secondary N) is 1. The number of nitrogens with zero attached hydrogens (tertiary/aromatic N) is 4. The van der Waals surface area contributed by atoms with E-state index in [2.05, 4.69) is 20.3 Å². The van der Waals surface area contributed by atoms with E-state index in [1.54, 1.807) is 0 Å². The number of halogens is 1. The van der Waals surface area contributed by atoms with Gasteiger partial charge in [0.15, 0.2) is 0 Å². The van der Waals surface area contributed by atoms with Crippen molar-refractivity contribution in [2.24, 2.45) is 29.6 Å². The summed E-state index contributed by atoms with van der Waals surface area (Å²) in [6, 6.07) is 15.6. The molecule has 2 aliphatic heterocycles. The van der Waals surface area contributed by atoms with Crippen molar-refractivity contribution in [3.8, 4) is 11.1 Å². The standard InChI is InChI=1S/C28H28ClN5O2/c29-20-8-5-17(6-9-20)16-1-3-18(4-2-16)27(35)33-12-21-22(13-33)24-15-34(14-23(21)24)28(36)19-7-10-25-26(11-19)31-32-30-25/h1-6,8-9,19,21-24H,7,10-15H2,(H,30,31,32)/t19-,21-,22+,23+,24-/m1/s1. The van der Waals surface area contributed by atoms with E-state index in [4.69, 9.17) is 11.6 Å². The summed E-state index contributed by atoms with van der Waals surface area (Å²) >= 11 is 6.00. The van der Waals surface area contributed by atoms with Crippen molar-refractivity contribution in [1.82, 2.24) is 25.2 Å². The predicted octanol–water partition coefficient (Wildman–Crippen LogP) is 3.71. The van der Waals surface area contributed by atoms with Crippen LogP contribution in [0.1, 0.15) is 28.2 Å². The number of hydrogen-bond donors (Lipinski definition) is 1. The van der Waals surface area contributed by atoms with E-state index in [0.29, 0.717) is 35.1 Å². The first-order valence-electron chi connectivity index (χ1n) is 12.9. The second-order valence-electron chi connectivity index (χ2n) is 10.9. The molecule has 8 heteroatoms. The summed E-state index contributed by atoms with van der Waals surface area (Å²) in [6.07, 6.45) is 2.42. The van der Waals surface area contributed by atoms with Gasteiger partial charge in [-0.1, -0.05) is 41.1 Å². The number of carbonyl (C=O) groups excluding carboxylic acids is 2. The molecule has 184 valence electrons. The first-order valence-corrected chi connectivity index (χ1v) is 13.3. The number of rotatable bonds is 3. The van der Waals surface area contributed by atoms with Crippen molar-refractivity contribution in [2.45, 2.75) is 19.3 Å². The van der Waals surface area contributed by atoms with Crippen LogP contribution in [-0.4, -0.2) is 63.2 Å². The molecule has 0 unspecified atom stereocenters. The fraction of sp³-hybridized carbons (Fsp3) is 0.429. The fourth-order valence-electron chi connectivity index (χ4n) is 7.11. The van der Waals surface area contributed by atoms with Crippen LogP contribution < -0.4 is 0 Å². The van der Waals surface area contributed by atoms with Crippen LogP contribution in [0, 0.1) is 29.6 Å². The zero-order chi connectivity index (χ0) is 24.4. The number of aromatic nitrogens is 3. The minimum absolute atomic E-state index is 0.0221. The summed E-state index contributed by atoms with van der Waals surface area (Å²) in [7, 11) is 0. The van der Waals surface area contributed by atoms with Crippen molar-refractivity contribution in [3.63, 3.8) is 0 Å². The van der Waals surface area contributed by atoms with Gasteiger partial charge >= 0.3 is 0 Å². The number of amides is 2. The number of aromatic amines is 1. The molecular formula is C28H28ClN5O2. The number of aryl methyl sites for hydroxylation is 1. The van der Waals surface area contributed by atoms with Gasteiger partial charge in [0, 0.05) is 49.1 Å². The molecule has 0 radical (unpaired) electrons. The Bertz CT molecular complexity index is 1300. The minimum Gasteiger partial charge on any atom is -0.342 e. The quantitative estimate of drug-likeness (QED) is 0.593. The lowest BCUT2D eigenvalue weighted by atomic mass is 9.60. The van der Waals surface area contributed by atoms with Gasteiger partial charge in [-0.05, 0) is 71.9 Å². The predicted molar refractivity (Wildman–Crippen MR) is 135 cm³/mol. The lowest BCUT2D eigenvalue weighted by Crippen LogP contribution is -2.44. The smallest absolute Gasteiger partial charge is 0.253 e. The highest BCUT2D eigenvalue weighted by Gasteiger charge is 2.59. The Balaban J connectivity index is 0.971. The van der Waals surface area contributed by atoms with Crippen molar-refractivity contribution in [3.05, 3.63) is 70.5 Å². The van der Waals surface area contributed by atoms with Gasteiger partial charge in [-0.25, -0.2) is 0 Å². The van der Waals surface area contributed by atoms with E-state index in [9.17, 15) is 9.59 Å². The third kappa shape index (κ3) is 3.55. The zero-order valence-electron chi connectivity index (χ0n) is 19.9. The molecule has 1 saturated carbocycles. The number of hydrogen-bond acceptors (Lipinski definition) is 4. The SMILES string of the molecule is O=C(c1ccc(-c2ccc(Cl)cc2)cc1)N1C[C@@H]2[C@H](C1)[C@H]1CN(C(=O)[C@@H]3CCc4[nH]nnc4C3)C[C@@H]21. The van der Waals surface area contributed by atoms with Crippen molar-refractivity contribution < 1.29 is 9.59 Å². The van der Waals surface area contributed by atoms with E-state index in [0.717, 1.165) is 67.1 Å². The van der Waals surface area contributed by atoms with Crippen LogP contribution in [0.3, 0.4) is 0 Å². The topological polar surface area (TPSA) is 82.2 Å². The van der Waals surface area contributed by atoms with Gasteiger partial charge in [-0.2, -0.15) is 0 Å². The van der Waals surface area contributed by atoms with E-state index in [1.165, 1.54) is 0 Å². The molecular weight excluding hydrogens is 474 g/mol. The molecule has 3 fully saturated rings. The van der Waals surface area contributed by atoms with Gasteiger partial charge in [-0.15, -0.1) is 5.10 Å². The molecule has 2 aliphatic carbocycles. The van der Waals surface area contributed by atoms with E-state index >= 15 is 0 Å². The van der Waals surface area contributed by atoms with Crippen LogP contribution in [0.15, 0.2) is 48.5 Å². The molecule has 4 aliphatic rings. The highest BCUT2D eigenvalue weighted by atomic mass is 35.5. The molecule has 0 bridgehead atoms. The molecule has 1 aromatic heterocycles. The summed E-state index contributed by atoms with van der Waals surface area (Å²) in [5.41, 5.74) is 4.93. The summed E-state index contributed by atoms with van der Waals surface area (Å²) in [5.74, 6) is 2.49. The maximum absolute atomic E-state index is 13.3. The Morgan fingerprint density at radius 2 is 1.42 bits per heavy atom. The van der Waals surface area contributed by atoms with E-state index < -0.39 is 0 Å². The fourth-order valence-corrected chi connectivity index (χ4v) is 7.23. The monoisotopic (exact) mass is 501 g/mol. The van der Waals surface area contributed by atoms with Gasteiger partial charge in [0.1, 0.15) is 0 Å². The zero-order valence-corrected chi connectivity index (χ0v) is 20.7. The molecule has 2 aromatic carbocycles. The Morgan fingerprint density at radius 3 is 2.06 bits per heavy atom. The number of fused-ring (bicyclic) bond motifs is 5. The van der Waals surface area contributed by atoms with Crippen LogP contribution in [0.4, 0.5) is 0 Å². The third-order valence-electron chi connectivity index (χ3n) is 9.07. The van der Waals surface area contributed by atoms with Gasteiger partial charge < -0.3 is 9.80 Å². The Kier molecular flexibility index (Phi) is 5.17. The van der Waals surface area contributed by atoms with Gasteiger partial charge in [0.05, 0.1) is 11.4 Å². The first-order chi connectivity index (χ1) is 17.5. The van der Waals surface area contributed by atoms with Crippen molar-refractivity contribution in [1.29, 1.82) is 0 Å². The molecule has 7 nitrogen and oxygen atoms in total. The van der Waals surface area contributed by atoms with Gasteiger partial charge in [0.25, 0.3) is 5.91 Å². The molecule has 2 amide bonds. The highest BCUT2D eigenvalue weighted by molar-refractivity contribution is 6.30. The van der Waals surface area contributed by atoms with Crippen LogP contribution in [-0.2, 0) is 17.6 Å².